The molecule has 2 aromatic carbocycles. The standard InChI is InChI=1S/C23H22Cl2N4O3/c24-17-9-8-15(13-18(17)25)27-22(31)20-7-3-4-11-29(20)21(30)10-12-28-14-26-19-6-2-1-5-16(19)23(28)32/h1-2,5-6,8-9,13-14,20H,3-4,7,10-12H2,(H,27,31). The maximum Gasteiger partial charge on any atom is 0.261 e. The number of carbonyl (C=O) groups excluding carboxylic acids is 2. The Kier molecular flexibility index (Phi) is 6.77. The van der Waals surface area contributed by atoms with Crippen LogP contribution in [0.5, 0.6) is 0 Å². The zero-order valence-corrected chi connectivity index (χ0v) is 18.8. The third-order valence-electron chi connectivity index (χ3n) is 5.61. The van der Waals surface area contributed by atoms with Crippen LogP contribution in [0.15, 0.2) is 53.6 Å². The summed E-state index contributed by atoms with van der Waals surface area (Å²) in [5, 5.41) is 4.08. The molecule has 1 atom stereocenters. The zero-order chi connectivity index (χ0) is 22.7. The number of anilines is 1. The van der Waals surface area contributed by atoms with Crippen molar-refractivity contribution in [2.45, 2.75) is 38.3 Å². The average Bonchev–Trinajstić information content (AvgIpc) is 2.81. The van der Waals surface area contributed by atoms with Gasteiger partial charge in [-0.2, -0.15) is 0 Å². The van der Waals surface area contributed by atoms with Gasteiger partial charge in [0.05, 0.1) is 27.3 Å². The van der Waals surface area contributed by atoms with Crippen molar-refractivity contribution >= 4 is 51.6 Å². The number of nitrogens with one attached hydrogen (secondary N) is 1. The van der Waals surface area contributed by atoms with Gasteiger partial charge in [-0.25, -0.2) is 4.98 Å². The zero-order valence-electron chi connectivity index (χ0n) is 17.3. The number of hydrogen-bond acceptors (Lipinski definition) is 4. The summed E-state index contributed by atoms with van der Waals surface area (Å²) in [7, 11) is 0. The van der Waals surface area contributed by atoms with Gasteiger partial charge in [-0.1, -0.05) is 35.3 Å². The number of halogens is 2. The van der Waals surface area contributed by atoms with E-state index in [1.165, 1.54) is 10.9 Å². The lowest BCUT2D eigenvalue weighted by atomic mass is 10.0. The van der Waals surface area contributed by atoms with E-state index >= 15 is 0 Å². The minimum atomic E-state index is -0.572. The summed E-state index contributed by atoms with van der Waals surface area (Å²) in [6, 6.07) is 11.4. The molecular weight excluding hydrogens is 451 g/mol. The smallest absolute Gasteiger partial charge is 0.261 e. The first-order valence-corrected chi connectivity index (χ1v) is 11.2. The fourth-order valence-corrected chi connectivity index (χ4v) is 4.23. The summed E-state index contributed by atoms with van der Waals surface area (Å²) in [6.45, 7) is 0.705. The quantitative estimate of drug-likeness (QED) is 0.605. The molecule has 1 aromatic heterocycles. The van der Waals surface area contributed by atoms with E-state index in [1.54, 1.807) is 41.3 Å². The van der Waals surface area contributed by atoms with Gasteiger partial charge >= 0.3 is 0 Å². The van der Waals surface area contributed by atoms with Crippen LogP contribution in [0, 0.1) is 0 Å². The maximum absolute atomic E-state index is 13.0. The number of hydrogen-bond donors (Lipinski definition) is 1. The first kappa shape index (κ1) is 22.3. The molecule has 1 N–H and O–H groups in total. The Morgan fingerprint density at radius 1 is 1.09 bits per heavy atom. The fraction of sp³-hybridized carbons (Fsp3) is 0.304. The fourth-order valence-electron chi connectivity index (χ4n) is 3.93. The minimum Gasteiger partial charge on any atom is -0.331 e. The summed E-state index contributed by atoms with van der Waals surface area (Å²) in [5.41, 5.74) is 0.960. The number of para-hydroxylation sites is 1. The van der Waals surface area contributed by atoms with Gasteiger partial charge < -0.3 is 10.2 Å². The first-order valence-electron chi connectivity index (χ1n) is 10.4. The predicted molar refractivity (Wildman–Crippen MR) is 125 cm³/mol. The SMILES string of the molecule is O=C(Nc1ccc(Cl)c(Cl)c1)C1CCCCN1C(=O)CCn1cnc2ccccc2c1=O. The van der Waals surface area contributed by atoms with Crippen molar-refractivity contribution < 1.29 is 9.59 Å². The van der Waals surface area contributed by atoms with Crippen molar-refractivity contribution in [3.8, 4) is 0 Å². The highest BCUT2D eigenvalue weighted by Gasteiger charge is 2.32. The molecule has 2 amide bonds. The van der Waals surface area contributed by atoms with Gasteiger partial charge in [-0.3, -0.25) is 19.0 Å². The van der Waals surface area contributed by atoms with E-state index < -0.39 is 6.04 Å². The second kappa shape index (κ2) is 9.71. The van der Waals surface area contributed by atoms with Gasteiger partial charge in [0.1, 0.15) is 6.04 Å². The van der Waals surface area contributed by atoms with Gasteiger partial charge in [0.2, 0.25) is 11.8 Å². The molecule has 0 spiro atoms. The molecular formula is C23H22Cl2N4O3. The summed E-state index contributed by atoms with van der Waals surface area (Å²) in [4.78, 5) is 44.4. The van der Waals surface area contributed by atoms with Crippen LogP contribution in [0.3, 0.4) is 0 Å². The van der Waals surface area contributed by atoms with Crippen molar-refractivity contribution in [2.75, 3.05) is 11.9 Å². The second-order valence-electron chi connectivity index (χ2n) is 7.73. The molecule has 1 aliphatic heterocycles. The van der Waals surface area contributed by atoms with Gasteiger partial charge in [0, 0.05) is 25.2 Å². The summed E-state index contributed by atoms with van der Waals surface area (Å²) >= 11 is 12.0. The molecule has 4 rings (SSSR count). The van der Waals surface area contributed by atoms with E-state index in [2.05, 4.69) is 10.3 Å². The molecule has 2 heterocycles. The highest BCUT2D eigenvalue weighted by molar-refractivity contribution is 6.42. The van der Waals surface area contributed by atoms with E-state index in [0.29, 0.717) is 39.6 Å². The van der Waals surface area contributed by atoms with Crippen LogP contribution in [-0.4, -0.2) is 38.9 Å². The average molecular weight is 473 g/mol. The second-order valence-corrected chi connectivity index (χ2v) is 8.54. The third-order valence-corrected chi connectivity index (χ3v) is 6.35. The Morgan fingerprint density at radius 2 is 1.91 bits per heavy atom. The van der Waals surface area contributed by atoms with Crippen molar-refractivity contribution in [1.29, 1.82) is 0 Å². The van der Waals surface area contributed by atoms with Crippen LogP contribution in [0.2, 0.25) is 10.0 Å². The molecule has 3 aromatic rings. The van der Waals surface area contributed by atoms with Crippen LogP contribution >= 0.6 is 23.2 Å². The maximum atomic E-state index is 13.0. The van der Waals surface area contributed by atoms with Crippen LogP contribution in [0.1, 0.15) is 25.7 Å². The first-order chi connectivity index (χ1) is 15.4. The molecule has 0 saturated carbocycles. The monoisotopic (exact) mass is 472 g/mol. The van der Waals surface area contributed by atoms with Crippen LogP contribution < -0.4 is 10.9 Å². The van der Waals surface area contributed by atoms with E-state index in [0.717, 1.165) is 12.8 Å². The lowest BCUT2D eigenvalue weighted by molar-refractivity contribution is -0.140. The summed E-state index contributed by atoms with van der Waals surface area (Å²) < 4.78 is 1.44. The molecule has 1 aliphatic rings. The van der Waals surface area contributed by atoms with Gasteiger partial charge in [0.25, 0.3) is 5.56 Å². The van der Waals surface area contributed by atoms with Crippen molar-refractivity contribution in [2.24, 2.45) is 0 Å². The number of aryl methyl sites for hydroxylation is 1. The predicted octanol–water partition coefficient (Wildman–Crippen LogP) is 4.11. The molecule has 1 fully saturated rings. The number of aromatic nitrogens is 2. The normalized spacial score (nSPS) is 16.2. The van der Waals surface area contributed by atoms with Gasteiger partial charge in [-0.05, 0) is 49.6 Å². The Hall–Kier alpha value is -2.90. The molecule has 7 nitrogen and oxygen atoms in total. The van der Waals surface area contributed by atoms with Crippen LogP contribution in [-0.2, 0) is 16.1 Å². The number of fused-ring (bicyclic) bond motifs is 1. The van der Waals surface area contributed by atoms with Crippen molar-refractivity contribution in [1.82, 2.24) is 14.5 Å². The summed E-state index contributed by atoms with van der Waals surface area (Å²) in [5.74, 6) is -0.431. The molecule has 9 heteroatoms. The molecule has 0 bridgehead atoms. The Morgan fingerprint density at radius 3 is 2.72 bits per heavy atom. The molecule has 0 radical (unpaired) electrons. The number of carbonyl (C=O) groups is 2. The molecule has 1 saturated heterocycles. The Labute approximate surface area is 194 Å². The summed E-state index contributed by atoms with van der Waals surface area (Å²) in [6.07, 6.45) is 3.84. The topological polar surface area (TPSA) is 84.3 Å². The lowest BCUT2D eigenvalue weighted by Crippen LogP contribution is -2.50. The highest BCUT2D eigenvalue weighted by Crippen LogP contribution is 2.26. The van der Waals surface area contributed by atoms with Gasteiger partial charge in [-0.15, -0.1) is 0 Å². The lowest BCUT2D eigenvalue weighted by Gasteiger charge is -2.35. The molecule has 1 unspecified atom stereocenters. The number of rotatable bonds is 5. The largest absolute Gasteiger partial charge is 0.331 e. The van der Waals surface area contributed by atoms with E-state index in [-0.39, 0.29) is 30.3 Å². The van der Waals surface area contributed by atoms with Crippen molar-refractivity contribution in [3.63, 3.8) is 0 Å². The number of likely N-dealkylation sites (tertiary alicyclic amines) is 1. The van der Waals surface area contributed by atoms with Crippen molar-refractivity contribution in [3.05, 3.63) is 69.2 Å². The number of amides is 2. The minimum absolute atomic E-state index is 0.108. The Balaban J connectivity index is 1.44. The molecule has 32 heavy (non-hydrogen) atoms. The molecule has 166 valence electrons. The van der Waals surface area contributed by atoms with Crippen LogP contribution in [0.25, 0.3) is 10.9 Å². The van der Waals surface area contributed by atoms with Gasteiger partial charge in [0.15, 0.2) is 0 Å². The van der Waals surface area contributed by atoms with Crippen LogP contribution in [0.4, 0.5) is 5.69 Å². The highest BCUT2D eigenvalue weighted by atomic mass is 35.5. The number of nitrogens with zero attached hydrogens (tertiary/aromatic N) is 3. The molecule has 0 aliphatic carbocycles. The van der Waals surface area contributed by atoms with E-state index in [1.807, 2.05) is 6.07 Å². The number of piperidine rings is 1. The van der Waals surface area contributed by atoms with E-state index in [9.17, 15) is 14.4 Å². The van der Waals surface area contributed by atoms with E-state index in [4.69, 9.17) is 23.2 Å². The Bertz CT molecular complexity index is 1230. The third kappa shape index (κ3) is 4.79. The number of benzene rings is 2.